The minimum absolute atomic E-state index is 0.167. The summed E-state index contributed by atoms with van der Waals surface area (Å²) in [6.45, 7) is -0.182. The van der Waals surface area contributed by atoms with Gasteiger partial charge in [0.25, 0.3) is 5.91 Å². The molecule has 0 fully saturated rings. The standard InChI is InChI=1S/C19H20ClN3O4/c1-26-16-6-3-13(4-7-16)9-18(24)21-12-19(25)23-22-11-14-10-15(20)5-8-17(14)27-2/h3-8,10-11H,9,12H2,1-2H3,(H,21,24)(H,23,25). The molecular weight excluding hydrogens is 370 g/mol. The summed E-state index contributed by atoms with van der Waals surface area (Å²) in [5.74, 6) is 0.573. The fourth-order valence-corrected chi connectivity index (χ4v) is 2.37. The van der Waals surface area contributed by atoms with Gasteiger partial charge < -0.3 is 14.8 Å². The van der Waals surface area contributed by atoms with E-state index in [-0.39, 0.29) is 18.9 Å². The largest absolute Gasteiger partial charge is 0.497 e. The lowest BCUT2D eigenvalue weighted by atomic mass is 10.1. The summed E-state index contributed by atoms with van der Waals surface area (Å²) in [5.41, 5.74) is 3.78. The Morgan fingerprint density at radius 1 is 1.07 bits per heavy atom. The van der Waals surface area contributed by atoms with Gasteiger partial charge in [-0.05, 0) is 35.9 Å². The second-order valence-corrected chi connectivity index (χ2v) is 5.92. The van der Waals surface area contributed by atoms with Crippen LogP contribution in [0.4, 0.5) is 0 Å². The molecule has 2 rings (SSSR count). The summed E-state index contributed by atoms with van der Waals surface area (Å²) in [6.07, 6.45) is 1.59. The number of nitrogens with one attached hydrogen (secondary N) is 2. The number of nitrogens with zero attached hydrogens (tertiary/aromatic N) is 1. The highest BCUT2D eigenvalue weighted by Crippen LogP contribution is 2.20. The predicted octanol–water partition coefficient (Wildman–Crippen LogP) is 2.17. The molecule has 0 heterocycles. The first-order valence-electron chi connectivity index (χ1n) is 8.07. The Morgan fingerprint density at radius 3 is 2.48 bits per heavy atom. The van der Waals surface area contributed by atoms with Crippen LogP contribution in [0.25, 0.3) is 0 Å². The Bertz CT molecular complexity index is 822. The van der Waals surface area contributed by atoms with Crippen molar-refractivity contribution >= 4 is 29.6 Å². The molecule has 0 aromatic heterocycles. The van der Waals surface area contributed by atoms with Gasteiger partial charge in [0.05, 0.1) is 33.4 Å². The van der Waals surface area contributed by atoms with Gasteiger partial charge in [0.1, 0.15) is 11.5 Å². The van der Waals surface area contributed by atoms with Crippen molar-refractivity contribution in [2.75, 3.05) is 20.8 Å². The maximum atomic E-state index is 11.9. The first kappa shape index (κ1) is 20.3. The molecule has 0 bridgehead atoms. The number of hydrogen-bond donors (Lipinski definition) is 2. The lowest BCUT2D eigenvalue weighted by Crippen LogP contribution is -2.35. The summed E-state index contributed by atoms with van der Waals surface area (Å²) in [7, 11) is 3.10. The van der Waals surface area contributed by atoms with E-state index in [9.17, 15) is 9.59 Å². The van der Waals surface area contributed by atoms with E-state index in [0.29, 0.717) is 22.1 Å². The molecule has 0 aliphatic heterocycles. The minimum Gasteiger partial charge on any atom is -0.497 e. The van der Waals surface area contributed by atoms with E-state index in [2.05, 4.69) is 15.8 Å². The molecule has 2 amide bonds. The minimum atomic E-state index is -0.449. The highest BCUT2D eigenvalue weighted by Gasteiger charge is 2.07. The van der Waals surface area contributed by atoms with Crippen LogP contribution in [0.3, 0.4) is 0 Å². The molecule has 142 valence electrons. The Hall–Kier alpha value is -3.06. The number of carbonyl (C=O) groups excluding carboxylic acids is 2. The van der Waals surface area contributed by atoms with E-state index in [1.165, 1.54) is 13.3 Å². The predicted molar refractivity (Wildman–Crippen MR) is 103 cm³/mol. The molecule has 0 atom stereocenters. The number of ether oxygens (including phenoxy) is 2. The van der Waals surface area contributed by atoms with Crippen LogP contribution in [0.1, 0.15) is 11.1 Å². The summed E-state index contributed by atoms with van der Waals surface area (Å²) in [4.78, 5) is 23.7. The maximum Gasteiger partial charge on any atom is 0.259 e. The molecule has 0 radical (unpaired) electrons. The summed E-state index contributed by atoms with van der Waals surface area (Å²) in [6, 6.07) is 12.2. The molecule has 7 nitrogen and oxygen atoms in total. The molecule has 0 saturated carbocycles. The van der Waals surface area contributed by atoms with Crippen LogP contribution in [0.2, 0.25) is 5.02 Å². The molecule has 0 unspecified atom stereocenters. The van der Waals surface area contributed by atoms with Gasteiger partial charge >= 0.3 is 0 Å². The summed E-state index contributed by atoms with van der Waals surface area (Å²) < 4.78 is 10.2. The maximum absolute atomic E-state index is 11.9. The van der Waals surface area contributed by atoms with Crippen LogP contribution in [0.5, 0.6) is 11.5 Å². The molecule has 2 aromatic carbocycles. The van der Waals surface area contributed by atoms with Gasteiger partial charge in [-0.1, -0.05) is 23.7 Å². The number of benzene rings is 2. The number of carbonyl (C=O) groups is 2. The van der Waals surface area contributed by atoms with Crippen LogP contribution in [-0.2, 0) is 16.0 Å². The zero-order valence-corrected chi connectivity index (χ0v) is 15.7. The lowest BCUT2D eigenvalue weighted by Gasteiger charge is -2.06. The Labute approximate surface area is 162 Å². The van der Waals surface area contributed by atoms with Gasteiger partial charge in [0.2, 0.25) is 5.91 Å². The molecule has 0 aliphatic rings. The highest BCUT2D eigenvalue weighted by atomic mass is 35.5. The number of methoxy groups -OCH3 is 2. The van der Waals surface area contributed by atoms with E-state index in [4.69, 9.17) is 21.1 Å². The van der Waals surface area contributed by atoms with Crippen LogP contribution < -0.4 is 20.2 Å². The third-order valence-electron chi connectivity index (χ3n) is 3.55. The number of hydrazone groups is 1. The first-order chi connectivity index (χ1) is 13.0. The van der Waals surface area contributed by atoms with Crippen molar-refractivity contribution in [3.8, 4) is 11.5 Å². The number of hydrogen-bond acceptors (Lipinski definition) is 5. The first-order valence-corrected chi connectivity index (χ1v) is 8.44. The monoisotopic (exact) mass is 389 g/mol. The van der Waals surface area contributed by atoms with E-state index < -0.39 is 5.91 Å². The smallest absolute Gasteiger partial charge is 0.259 e. The molecule has 2 aromatic rings. The van der Waals surface area contributed by atoms with Crippen molar-refractivity contribution in [2.45, 2.75) is 6.42 Å². The van der Waals surface area contributed by atoms with Gasteiger partial charge in [-0.15, -0.1) is 0 Å². The van der Waals surface area contributed by atoms with Crippen molar-refractivity contribution in [3.63, 3.8) is 0 Å². The average Bonchev–Trinajstić information content (AvgIpc) is 2.67. The lowest BCUT2D eigenvalue weighted by molar-refractivity contribution is -0.125. The average molecular weight is 390 g/mol. The third-order valence-corrected chi connectivity index (χ3v) is 3.79. The molecular formula is C19H20ClN3O4. The molecule has 0 saturated heterocycles. The second kappa shape index (κ2) is 10.2. The summed E-state index contributed by atoms with van der Waals surface area (Å²) in [5, 5.41) is 6.90. The molecule has 2 N–H and O–H groups in total. The normalized spacial score (nSPS) is 10.5. The Balaban J connectivity index is 1.78. The highest BCUT2D eigenvalue weighted by molar-refractivity contribution is 6.30. The van der Waals surface area contributed by atoms with E-state index in [1.807, 2.05) is 0 Å². The summed E-state index contributed by atoms with van der Waals surface area (Å²) >= 11 is 5.92. The van der Waals surface area contributed by atoms with E-state index in [1.54, 1.807) is 49.6 Å². The molecule has 0 aliphatic carbocycles. The van der Waals surface area contributed by atoms with Crippen LogP contribution in [-0.4, -0.2) is 38.8 Å². The van der Waals surface area contributed by atoms with Crippen molar-refractivity contribution in [1.82, 2.24) is 10.7 Å². The Kier molecular flexibility index (Phi) is 7.63. The fraction of sp³-hybridized carbons (Fsp3) is 0.211. The van der Waals surface area contributed by atoms with Crippen molar-refractivity contribution in [1.29, 1.82) is 0 Å². The molecule has 8 heteroatoms. The van der Waals surface area contributed by atoms with Gasteiger partial charge in [-0.3, -0.25) is 9.59 Å². The second-order valence-electron chi connectivity index (χ2n) is 5.48. The van der Waals surface area contributed by atoms with Crippen LogP contribution in [0.15, 0.2) is 47.6 Å². The van der Waals surface area contributed by atoms with Gasteiger partial charge in [0, 0.05) is 10.6 Å². The Morgan fingerprint density at radius 2 is 1.81 bits per heavy atom. The molecule has 27 heavy (non-hydrogen) atoms. The zero-order valence-electron chi connectivity index (χ0n) is 15.0. The van der Waals surface area contributed by atoms with Crippen molar-refractivity contribution < 1.29 is 19.1 Å². The van der Waals surface area contributed by atoms with Gasteiger partial charge in [-0.2, -0.15) is 5.10 Å². The van der Waals surface area contributed by atoms with E-state index in [0.717, 1.165) is 5.56 Å². The zero-order chi connectivity index (χ0) is 19.6. The number of rotatable bonds is 8. The topological polar surface area (TPSA) is 89.0 Å². The van der Waals surface area contributed by atoms with E-state index >= 15 is 0 Å². The quantitative estimate of drug-likeness (QED) is 0.535. The van der Waals surface area contributed by atoms with Gasteiger partial charge in [-0.25, -0.2) is 5.43 Å². The molecule has 0 spiro atoms. The number of halogens is 1. The van der Waals surface area contributed by atoms with Crippen molar-refractivity contribution in [3.05, 3.63) is 58.6 Å². The number of amides is 2. The van der Waals surface area contributed by atoms with Crippen LogP contribution in [0, 0.1) is 0 Å². The third kappa shape index (κ3) is 6.63. The van der Waals surface area contributed by atoms with Crippen molar-refractivity contribution in [2.24, 2.45) is 5.10 Å². The SMILES string of the molecule is COc1ccc(CC(=O)NCC(=O)NN=Cc2cc(Cl)ccc2OC)cc1. The fourth-order valence-electron chi connectivity index (χ4n) is 2.19. The van der Waals surface area contributed by atoms with Crippen LogP contribution >= 0.6 is 11.6 Å². The van der Waals surface area contributed by atoms with Gasteiger partial charge in [0.15, 0.2) is 0 Å².